The van der Waals surface area contributed by atoms with Crippen molar-refractivity contribution in [2.45, 2.75) is 53.5 Å². The monoisotopic (exact) mass is 517 g/mol. The molecule has 194 valence electrons. The molecule has 2 amide bonds. The standard InChI is InChI=1S/C29H35N5O2S/c1-7-9-21(3)30-14-12-20(2)22-10-8-11-23(16-22)25-19-37-28(32-25)33-26(35)17-31-27(36)24-13-15-34(18-24)29(4,5)6/h8-16,18-19H,7,17H2,1-6H3,(H,31,36)(H,32,33,35)/b20-12+,21-9+,30-14-. The van der Waals surface area contributed by atoms with Gasteiger partial charge in [-0.3, -0.25) is 14.6 Å². The molecule has 0 aliphatic carbocycles. The Labute approximate surface area is 223 Å². The fourth-order valence-corrected chi connectivity index (χ4v) is 4.21. The van der Waals surface area contributed by atoms with Crippen molar-refractivity contribution in [1.82, 2.24) is 14.9 Å². The van der Waals surface area contributed by atoms with Crippen LogP contribution in [0.4, 0.5) is 5.13 Å². The van der Waals surface area contributed by atoms with Crippen molar-refractivity contribution in [3.05, 3.63) is 77.1 Å². The van der Waals surface area contributed by atoms with E-state index in [0.717, 1.165) is 34.5 Å². The quantitative estimate of drug-likeness (QED) is 0.317. The summed E-state index contributed by atoms with van der Waals surface area (Å²) in [6, 6.07) is 9.84. The van der Waals surface area contributed by atoms with E-state index in [1.165, 1.54) is 11.3 Å². The maximum atomic E-state index is 12.4. The molecule has 2 heterocycles. The van der Waals surface area contributed by atoms with Crippen LogP contribution in [0.3, 0.4) is 0 Å². The summed E-state index contributed by atoms with van der Waals surface area (Å²) in [6.45, 7) is 12.2. The number of aliphatic imine (C=N–C) groups is 1. The van der Waals surface area contributed by atoms with Crippen molar-refractivity contribution in [3.8, 4) is 11.3 Å². The number of hydrogen-bond donors (Lipinski definition) is 2. The first-order valence-electron chi connectivity index (χ1n) is 12.3. The number of anilines is 1. The molecule has 0 aliphatic rings. The van der Waals surface area contributed by atoms with E-state index >= 15 is 0 Å². The van der Waals surface area contributed by atoms with E-state index in [1.54, 1.807) is 12.3 Å². The fourth-order valence-electron chi connectivity index (χ4n) is 3.47. The highest BCUT2D eigenvalue weighted by atomic mass is 32.1. The van der Waals surface area contributed by atoms with Crippen LogP contribution in [0.5, 0.6) is 0 Å². The highest BCUT2D eigenvalue weighted by Crippen LogP contribution is 2.27. The predicted molar refractivity (Wildman–Crippen MR) is 154 cm³/mol. The second-order valence-electron chi connectivity index (χ2n) is 9.71. The van der Waals surface area contributed by atoms with Crippen LogP contribution in [-0.2, 0) is 10.3 Å². The molecular weight excluding hydrogens is 482 g/mol. The van der Waals surface area contributed by atoms with Crippen LogP contribution in [0.25, 0.3) is 16.8 Å². The van der Waals surface area contributed by atoms with Gasteiger partial charge in [-0.2, -0.15) is 0 Å². The van der Waals surface area contributed by atoms with Crippen LogP contribution >= 0.6 is 11.3 Å². The van der Waals surface area contributed by atoms with Gasteiger partial charge in [0.25, 0.3) is 5.91 Å². The lowest BCUT2D eigenvalue weighted by Gasteiger charge is -2.20. The zero-order valence-electron chi connectivity index (χ0n) is 22.3. The number of aromatic nitrogens is 2. The summed E-state index contributed by atoms with van der Waals surface area (Å²) >= 11 is 1.34. The van der Waals surface area contributed by atoms with Crippen LogP contribution in [-0.4, -0.2) is 34.1 Å². The number of nitrogens with one attached hydrogen (secondary N) is 2. The number of hydrogen-bond acceptors (Lipinski definition) is 5. The number of nitrogens with zero attached hydrogens (tertiary/aromatic N) is 3. The summed E-state index contributed by atoms with van der Waals surface area (Å²) in [7, 11) is 0. The molecule has 3 rings (SSSR count). The van der Waals surface area contributed by atoms with E-state index in [4.69, 9.17) is 0 Å². The topological polar surface area (TPSA) is 88.4 Å². The molecule has 1 aromatic carbocycles. The maximum Gasteiger partial charge on any atom is 0.253 e. The third kappa shape index (κ3) is 8.11. The summed E-state index contributed by atoms with van der Waals surface area (Å²) in [5.41, 5.74) is 5.29. The predicted octanol–water partition coefficient (Wildman–Crippen LogP) is 6.52. The van der Waals surface area contributed by atoms with E-state index in [9.17, 15) is 9.59 Å². The number of allylic oxidation sites excluding steroid dienone is 4. The maximum absolute atomic E-state index is 12.4. The minimum Gasteiger partial charge on any atom is -0.348 e. The molecule has 2 aromatic heterocycles. The Morgan fingerprint density at radius 2 is 1.95 bits per heavy atom. The van der Waals surface area contributed by atoms with Crippen molar-refractivity contribution in [3.63, 3.8) is 0 Å². The van der Waals surface area contributed by atoms with Gasteiger partial charge in [-0.15, -0.1) is 11.3 Å². The van der Waals surface area contributed by atoms with Crippen molar-refractivity contribution in [2.75, 3.05) is 11.9 Å². The molecule has 0 spiro atoms. The van der Waals surface area contributed by atoms with Crippen LogP contribution in [0.15, 0.2) is 70.9 Å². The Balaban J connectivity index is 1.59. The molecule has 7 nitrogen and oxygen atoms in total. The zero-order chi connectivity index (χ0) is 27.0. The van der Waals surface area contributed by atoms with Crippen molar-refractivity contribution >= 4 is 40.1 Å². The van der Waals surface area contributed by atoms with Crippen molar-refractivity contribution in [2.24, 2.45) is 4.99 Å². The highest BCUT2D eigenvalue weighted by molar-refractivity contribution is 7.14. The Morgan fingerprint density at radius 1 is 1.16 bits per heavy atom. The van der Waals surface area contributed by atoms with Gasteiger partial charge in [0.05, 0.1) is 17.8 Å². The lowest BCUT2D eigenvalue weighted by molar-refractivity contribution is -0.115. The van der Waals surface area contributed by atoms with Crippen molar-refractivity contribution in [1.29, 1.82) is 0 Å². The number of carbonyl (C=O) groups is 2. The lowest BCUT2D eigenvalue weighted by atomic mass is 10.0. The molecule has 37 heavy (non-hydrogen) atoms. The Morgan fingerprint density at radius 3 is 2.65 bits per heavy atom. The minimum atomic E-state index is -0.330. The molecule has 0 radical (unpaired) electrons. The Hall–Kier alpha value is -3.78. The molecule has 0 aliphatic heterocycles. The van der Waals surface area contributed by atoms with Gasteiger partial charge in [0, 0.05) is 40.8 Å². The molecule has 0 atom stereocenters. The summed E-state index contributed by atoms with van der Waals surface area (Å²) in [5.74, 6) is -0.622. The minimum absolute atomic E-state index is 0.119. The largest absolute Gasteiger partial charge is 0.348 e. The van der Waals surface area contributed by atoms with Crippen LogP contribution in [0, 0.1) is 0 Å². The summed E-state index contributed by atoms with van der Waals surface area (Å²) < 4.78 is 1.96. The van der Waals surface area contributed by atoms with Crippen molar-refractivity contribution < 1.29 is 9.59 Å². The number of rotatable bonds is 9. The average molecular weight is 518 g/mol. The second-order valence-corrected chi connectivity index (χ2v) is 10.6. The molecule has 3 aromatic rings. The molecular formula is C29H35N5O2S. The molecule has 2 N–H and O–H groups in total. The summed E-state index contributed by atoms with van der Waals surface area (Å²) in [4.78, 5) is 33.8. The number of benzene rings is 1. The van der Waals surface area contributed by atoms with Gasteiger partial charge in [0.1, 0.15) is 0 Å². The second kappa shape index (κ2) is 12.5. The highest BCUT2D eigenvalue weighted by Gasteiger charge is 2.16. The smallest absolute Gasteiger partial charge is 0.253 e. The van der Waals surface area contributed by atoms with Crippen LogP contribution in [0.2, 0.25) is 0 Å². The van der Waals surface area contributed by atoms with E-state index in [0.29, 0.717) is 10.7 Å². The first kappa shape index (κ1) is 27.8. The normalized spacial score (nSPS) is 12.7. The van der Waals surface area contributed by atoms with Gasteiger partial charge in [0.2, 0.25) is 5.91 Å². The summed E-state index contributed by atoms with van der Waals surface area (Å²) in [6.07, 6.45) is 10.5. The number of amides is 2. The third-order valence-corrected chi connectivity index (χ3v) is 6.36. The average Bonchev–Trinajstić information content (AvgIpc) is 3.53. The van der Waals surface area contributed by atoms with E-state index in [-0.39, 0.29) is 23.9 Å². The third-order valence-electron chi connectivity index (χ3n) is 5.61. The van der Waals surface area contributed by atoms with E-state index < -0.39 is 0 Å². The van der Waals surface area contributed by atoms with Gasteiger partial charge < -0.3 is 15.2 Å². The molecule has 0 unspecified atom stereocenters. The molecule has 0 saturated carbocycles. The SMILES string of the molecule is CC/C=C(C)/N=C\C=C(/C)c1cccc(-c2csc(NC(=O)CNC(=O)c3ccn(C(C)(C)C)c3)n2)c1. The van der Waals surface area contributed by atoms with Gasteiger partial charge in [-0.05, 0) is 70.4 Å². The first-order valence-corrected chi connectivity index (χ1v) is 13.2. The molecule has 0 saturated heterocycles. The fraction of sp³-hybridized carbons (Fsp3) is 0.310. The zero-order valence-corrected chi connectivity index (χ0v) is 23.1. The Kier molecular flexibility index (Phi) is 9.36. The Bertz CT molecular complexity index is 1340. The first-order chi connectivity index (χ1) is 17.6. The van der Waals surface area contributed by atoms with Crippen LogP contribution < -0.4 is 10.6 Å². The lowest BCUT2D eigenvalue weighted by Crippen LogP contribution is -2.32. The van der Waals surface area contributed by atoms with Gasteiger partial charge >= 0.3 is 0 Å². The molecule has 0 bridgehead atoms. The number of thiazole rings is 1. The van der Waals surface area contributed by atoms with Gasteiger partial charge in [-0.25, -0.2) is 4.98 Å². The summed E-state index contributed by atoms with van der Waals surface area (Å²) in [5, 5.41) is 7.82. The van der Waals surface area contributed by atoms with E-state index in [2.05, 4.69) is 60.4 Å². The number of carbonyl (C=O) groups excluding carboxylic acids is 2. The van der Waals surface area contributed by atoms with Gasteiger partial charge in [-0.1, -0.05) is 31.2 Å². The molecule has 0 fully saturated rings. The van der Waals surface area contributed by atoms with E-state index in [1.807, 2.05) is 60.5 Å². The van der Waals surface area contributed by atoms with Gasteiger partial charge in [0.15, 0.2) is 5.13 Å². The van der Waals surface area contributed by atoms with Crippen LogP contribution in [0.1, 0.15) is 63.9 Å². The molecule has 8 heteroatoms.